The van der Waals surface area contributed by atoms with Gasteiger partial charge in [-0.25, -0.2) is 0 Å². The number of carbonyl (C=O) groups excluding carboxylic acids is 1. The Balaban J connectivity index is 1.76. The summed E-state index contributed by atoms with van der Waals surface area (Å²) in [6.45, 7) is 2.03. The van der Waals surface area contributed by atoms with E-state index in [2.05, 4.69) is 5.32 Å². The molecule has 1 amide bonds. The van der Waals surface area contributed by atoms with Crippen LogP contribution in [0.25, 0.3) is 0 Å². The molecule has 0 radical (unpaired) electrons. The van der Waals surface area contributed by atoms with E-state index >= 15 is 0 Å². The van der Waals surface area contributed by atoms with Crippen molar-refractivity contribution in [3.63, 3.8) is 0 Å². The summed E-state index contributed by atoms with van der Waals surface area (Å²) in [4.78, 5) is 12.5. The second-order valence-electron chi connectivity index (χ2n) is 5.65. The summed E-state index contributed by atoms with van der Waals surface area (Å²) in [6, 6.07) is 7.87. The van der Waals surface area contributed by atoms with E-state index in [4.69, 9.17) is 5.73 Å². The first kappa shape index (κ1) is 13.6. The lowest BCUT2D eigenvalue weighted by Gasteiger charge is -2.25. The number of carbonyl (C=O) groups is 1. The fraction of sp³-hybridized carbons (Fsp3) is 0.438. The van der Waals surface area contributed by atoms with Crippen LogP contribution in [-0.2, 0) is 4.79 Å². The van der Waals surface area contributed by atoms with E-state index in [1.165, 1.54) is 24.8 Å². The van der Waals surface area contributed by atoms with Crippen molar-refractivity contribution in [3.8, 4) is 0 Å². The minimum Gasteiger partial charge on any atom is -0.393 e. The predicted molar refractivity (Wildman–Crippen MR) is 84.4 cm³/mol. The van der Waals surface area contributed by atoms with Crippen molar-refractivity contribution < 1.29 is 4.79 Å². The highest BCUT2D eigenvalue weighted by atomic mass is 32.2. The smallest absolute Gasteiger partial charge is 0.254 e. The zero-order chi connectivity index (χ0) is 14.1. The number of fused-ring (bicyclic) bond motifs is 1. The molecule has 3 N–H and O–H groups in total. The minimum atomic E-state index is -0.0201. The third-order valence-corrected chi connectivity index (χ3v) is 5.51. The van der Waals surface area contributed by atoms with Gasteiger partial charge in [0.25, 0.3) is 5.91 Å². The van der Waals surface area contributed by atoms with Crippen molar-refractivity contribution in [1.82, 2.24) is 0 Å². The summed E-state index contributed by atoms with van der Waals surface area (Å²) in [5.74, 6) is 0.326. The molecule has 2 atom stereocenters. The lowest BCUT2D eigenvalue weighted by Crippen LogP contribution is -2.26. The van der Waals surface area contributed by atoms with Gasteiger partial charge in [0.2, 0.25) is 0 Å². The van der Waals surface area contributed by atoms with Crippen LogP contribution in [0.15, 0.2) is 34.9 Å². The number of rotatable bonds is 2. The number of anilines is 1. The fourth-order valence-electron chi connectivity index (χ4n) is 3.09. The molecule has 0 aromatic heterocycles. The van der Waals surface area contributed by atoms with Crippen molar-refractivity contribution >= 4 is 23.4 Å². The topological polar surface area (TPSA) is 55.1 Å². The number of hydrogen-bond acceptors (Lipinski definition) is 3. The molecule has 3 rings (SSSR count). The summed E-state index contributed by atoms with van der Waals surface area (Å²) in [5.41, 5.74) is 8.94. The molecule has 2 aliphatic rings. The van der Waals surface area contributed by atoms with Gasteiger partial charge < -0.3 is 11.1 Å². The van der Waals surface area contributed by atoms with E-state index in [0.717, 1.165) is 22.7 Å². The molecule has 1 fully saturated rings. The third-order valence-electron chi connectivity index (χ3n) is 4.17. The molecule has 106 valence electrons. The van der Waals surface area contributed by atoms with Crippen LogP contribution in [0.3, 0.4) is 0 Å². The Morgan fingerprint density at radius 2 is 1.95 bits per heavy atom. The quantitative estimate of drug-likeness (QED) is 0.877. The molecule has 4 heteroatoms. The Bertz CT molecular complexity index is 550. The average molecular weight is 288 g/mol. The molecule has 0 spiro atoms. The Kier molecular flexibility index (Phi) is 3.74. The number of amides is 1. The molecule has 1 heterocycles. The maximum Gasteiger partial charge on any atom is 0.254 e. The second-order valence-corrected chi connectivity index (χ2v) is 6.93. The Labute approximate surface area is 124 Å². The minimum absolute atomic E-state index is 0.0201. The van der Waals surface area contributed by atoms with Crippen LogP contribution < -0.4 is 11.1 Å². The molecule has 0 unspecified atom stereocenters. The van der Waals surface area contributed by atoms with Crippen LogP contribution in [-0.4, -0.2) is 11.2 Å². The van der Waals surface area contributed by atoms with Crippen LogP contribution >= 0.6 is 11.8 Å². The van der Waals surface area contributed by atoms with Gasteiger partial charge in [0.15, 0.2) is 0 Å². The van der Waals surface area contributed by atoms with Gasteiger partial charge in [-0.05, 0) is 31.9 Å². The van der Waals surface area contributed by atoms with Crippen LogP contribution in [0.5, 0.6) is 0 Å². The molecule has 3 nitrogen and oxygen atoms in total. The molecule has 0 bridgehead atoms. The Morgan fingerprint density at radius 1 is 1.25 bits per heavy atom. The van der Waals surface area contributed by atoms with E-state index in [0.29, 0.717) is 11.2 Å². The summed E-state index contributed by atoms with van der Waals surface area (Å²) in [6.07, 6.45) is 4.73. The van der Waals surface area contributed by atoms with E-state index in [1.807, 2.05) is 31.2 Å². The molecule has 1 aliphatic carbocycles. The van der Waals surface area contributed by atoms with Gasteiger partial charge in [-0.1, -0.05) is 30.5 Å². The zero-order valence-electron chi connectivity index (χ0n) is 11.7. The first-order chi connectivity index (χ1) is 9.65. The van der Waals surface area contributed by atoms with Gasteiger partial charge in [0.05, 0.1) is 10.6 Å². The summed E-state index contributed by atoms with van der Waals surface area (Å²) in [5, 5.41) is 4.23. The Morgan fingerprint density at radius 3 is 2.70 bits per heavy atom. The highest BCUT2D eigenvalue weighted by Gasteiger charge is 2.39. The largest absolute Gasteiger partial charge is 0.393 e. The summed E-state index contributed by atoms with van der Waals surface area (Å²) < 4.78 is 0. The number of aryl methyl sites for hydroxylation is 1. The van der Waals surface area contributed by atoms with Gasteiger partial charge in [0.1, 0.15) is 0 Å². The van der Waals surface area contributed by atoms with Crippen molar-refractivity contribution in [3.05, 3.63) is 40.4 Å². The zero-order valence-corrected chi connectivity index (χ0v) is 12.5. The highest BCUT2D eigenvalue weighted by Crippen LogP contribution is 2.47. The lowest BCUT2D eigenvalue weighted by atomic mass is 9.83. The van der Waals surface area contributed by atoms with Gasteiger partial charge in [-0.2, -0.15) is 0 Å². The second kappa shape index (κ2) is 5.52. The number of nitrogens with one attached hydrogen (secondary N) is 1. The maximum atomic E-state index is 12.5. The first-order valence-electron chi connectivity index (χ1n) is 7.19. The molecule has 1 aliphatic heterocycles. The van der Waals surface area contributed by atoms with E-state index in [9.17, 15) is 4.79 Å². The number of benzene rings is 1. The first-order valence-corrected chi connectivity index (χ1v) is 8.07. The average Bonchev–Trinajstić information content (AvgIpc) is 2.77. The molecule has 1 aromatic carbocycles. The van der Waals surface area contributed by atoms with Gasteiger partial charge in [0, 0.05) is 16.9 Å². The van der Waals surface area contributed by atoms with Gasteiger partial charge >= 0.3 is 0 Å². The van der Waals surface area contributed by atoms with Crippen molar-refractivity contribution in [2.75, 3.05) is 5.32 Å². The molecule has 1 saturated carbocycles. The summed E-state index contributed by atoms with van der Waals surface area (Å²) >= 11 is 1.70. The maximum absolute atomic E-state index is 12.5. The van der Waals surface area contributed by atoms with Crippen molar-refractivity contribution in [2.24, 2.45) is 11.7 Å². The molecule has 1 aromatic rings. The number of hydrogen-bond donors (Lipinski definition) is 2. The monoisotopic (exact) mass is 288 g/mol. The van der Waals surface area contributed by atoms with Gasteiger partial charge in [-0.3, -0.25) is 4.79 Å². The number of thioether (sulfide) groups is 1. The van der Waals surface area contributed by atoms with E-state index < -0.39 is 0 Å². The standard InChI is InChI=1S/C16H20N2OS/c1-10-6-8-11(9-7-10)18-16(19)14-12-4-2-3-5-13(12)20-15(14)17/h6-9,12-13H,2-5,17H2,1H3,(H,18,19)/t12-,13-/m1/s1. The van der Waals surface area contributed by atoms with Crippen molar-refractivity contribution in [1.29, 1.82) is 0 Å². The van der Waals surface area contributed by atoms with E-state index in [-0.39, 0.29) is 5.91 Å². The lowest BCUT2D eigenvalue weighted by molar-refractivity contribution is -0.113. The normalized spacial score (nSPS) is 25.4. The predicted octanol–water partition coefficient (Wildman–Crippen LogP) is 3.41. The molecular weight excluding hydrogens is 268 g/mol. The van der Waals surface area contributed by atoms with Crippen molar-refractivity contribution in [2.45, 2.75) is 37.9 Å². The fourth-order valence-corrected chi connectivity index (χ4v) is 4.51. The molecule has 0 saturated heterocycles. The SMILES string of the molecule is Cc1ccc(NC(=O)C2=C(N)S[C@@H]3CCCC[C@@H]23)cc1. The van der Waals surface area contributed by atoms with Gasteiger partial charge in [-0.15, -0.1) is 11.8 Å². The highest BCUT2D eigenvalue weighted by molar-refractivity contribution is 8.03. The van der Waals surface area contributed by atoms with Crippen LogP contribution in [0.2, 0.25) is 0 Å². The summed E-state index contributed by atoms with van der Waals surface area (Å²) in [7, 11) is 0. The van der Waals surface area contributed by atoms with Crippen LogP contribution in [0.1, 0.15) is 31.2 Å². The van der Waals surface area contributed by atoms with Crippen LogP contribution in [0.4, 0.5) is 5.69 Å². The molecule has 20 heavy (non-hydrogen) atoms. The third kappa shape index (κ3) is 2.57. The van der Waals surface area contributed by atoms with E-state index in [1.54, 1.807) is 11.8 Å². The molecular formula is C16H20N2OS. The van der Waals surface area contributed by atoms with Crippen LogP contribution in [0, 0.1) is 12.8 Å². The Hall–Kier alpha value is -1.42. The number of nitrogens with two attached hydrogens (primary N) is 1.